The summed E-state index contributed by atoms with van der Waals surface area (Å²) in [5.74, 6) is 0.686. The first kappa shape index (κ1) is 18.7. The number of amides is 1. The first-order valence-corrected chi connectivity index (χ1v) is 8.39. The molecule has 0 radical (unpaired) electrons. The van der Waals surface area contributed by atoms with Gasteiger partial charge in [-0.2, -0.15) is 5.10 Å². The molecule has 0 aliphatic heterocycles. The fourth-order valence-electron chi connectivity index (χ4n) is 1.99. The number of nitrogens with zero attached hydrogens (tertiary/aromatic N) is 1. The highest BCUT2D eigenvalue weighted by atomic mass is 79.9. The molecule has 0 atom stereocenters. The van der Waals surface area contributed by atoms with Gasteiger partial charge in [0.2, 0.25) is 0 Å². The molecule has 0 bridgehead atoms. The Morgan fingerprint density at radius 3 is 2.68 bits per heavy atom. The van der Waals surface area contributed by atoms with Crippen LogP contribution in [0.2, 0.25) is 0 Å². The number of halogens is 1. The second kappa shape index (κ2) is 9.64. The summed E-state index contributed by atoms with van der Waals surface area (Å²) in [6, 6.07) is 15.2. The number of methoxy groups -OCH3 is 1. The van der Waals surface area contributed by atoms with Crippen LogP contribution in [0, 0.1) is 0 Å². The zero-order chi connectivity index (χ0) is 18.1. The second-order valence-electron chi connectivity index (χ2n) is 5.18. The van der Waals surface area contributed by atoms with E-state index in [2.05, 4.69) is 26.5 Å². The van der Waals surface area contributed by atoms with Crippen molar-refractivity contribution in [1.29, 1.82) is 0 Å². The van der Waals surface area contributed by atoms with Crippen molar-refractivity contribution in [2.75, 3.05) is 13.7 Å². The molecule has 0 fully saturated rings. The summed E-state index contributed by atoms with van der Waals surface area (Å²) in [4.78, 5) is 11.8. The minimum atomic E-state index is -0.353. The van der Waals surface area contributed by atoms with Gasteiger partial charge in [-0.05, 0) is 36.3 Å². The van der Waals surface area contributed by atoms with Gasteiger partial charge in [0.05, 0.1) is 13.3 Å². The molecule has 130 valence electrons. The molecule has 0 heterocycles. The van der Waals surface area contributed by atoms with Gasteiger partial charge in [0.1, 0.15) is 0 Å². The molecule has 2 aromatic rings. The van der Waals surface area contributed by atoms with Gasteiger partial charge in [-0.1, -0.05) is 52.3 Å². The Balaban J connectivity index is 1.83. The van der Waals surface area contributed by atoms with Gasteiger partial charge >= 0.3 is 0 Å². The molecule has 0 unspecified atom stereocenters. The molecule has 25 heavy (non-hydrogen) atoms. The molecule has 2 rings (SSSR count). The molecule has 0 saturated carbocycles. The van der Waals surface area contributed by atoms with Crippen molar-refractivity contribution in [3.63, 3.8) is 0 Å². The quantitative estimate of drug-likeness (QED) is 0.561. The van der Waals surface area contributed by atoms with Gasteiger partial charge in [0.25, 0.3) is 5.91 Å². The topological polar surface area (TPSA) is 59.9 Å². The van der Waals surface area contributed by atoms with Crippen molar-refractivity contribution in [3.8, 4) is 11.5 Å². The number of rotatable bonds is 7. The predicted molar refractivity (Wildman–Crippen MR) is 103 cm³/mol. The van der Waals surface area contributed by atoms with E-state index in [1.165, 1.54) is 0 Å². The van der Waals surface area contributed by atoms with Crippen molar-refractivity contribution in [1.82, 2.24) is 5.43 Å². The maximum Gasteiger partial charge on any atom is 0.277 e. The molecule has 5 nitrogen and oxygen atoms in total. The Morgan fingerprint density at radius 1 is 1.20 bits per heavy atom. The van der Waals surface area contributed by atoms with Crippen LogP contribution in [0.4, 0.5) is 0 Å². The Labute approximate surface area is 155 Å². The lowest BCUT2D eigenvalue weighted by Gasteiger charge is -2.10. The molecule has 0 aliphatic carbocycles. The molecule has 1 amide bonds. The van der Waals surface area contributed by atoms with E-state index in [0.29, 0.717) is 11.5 Å². The van der Waals surface area contributed by atoms with Crippen molar-refractivity contribution in [3.05, 3.63) is 64.1 Å². The summed E-state index contributed by atoms with van der Waals surface area (Å²) in [6.45, 7) is 1.75. The van der Waals surface area contributed by atoms with E-state index in [-0.39, 0.29) is 12.5 Å². The van der Waals surface area contributed by atoms with E-state index < -0.39 is 0 Å². The predicted octanol–water partition coefficient (Wildman–Crippen LogP) is 4.04. The number of hydrogen-bond donors (Lipinski definition) is 1. The molecule has 0 spiro atoms. The van der Waals surface area contributed by atoms with Gasteiger partial charge in [-0.25, -0.2) is 5.43 Å². The fraction of sp³-hybridized carbons (Fsp3) is 0.158. The minimum Gasteiger partial charge on any atom is -0.493 e. The maximum atomic E-state index is 11.8. The molecule has 1 N–H and O–H groups in total. The third-order valence-electron chi connectivity index (χ3n) is 3.14. The highest BCUT2D eigenvalue weighted by molar-refractivity contribution is 9.10. The van der Waals surface area contributed by atoms with Crippen LogP contribution in [0.1, 0.15) is 12.5 Å². The largest absolute Gasteiger partial charge is 0.493 e. The first-order valence-electron chi connectivity index (χ1n) is 7.60. The normalized spacial score (nSPS) is 11.4. The highest BCUT2D eigenvalue weighted by Crippen LogP contribution is 2.29. The zero-order valence-electron chi connectivity index (χ0n) is 14.0. The summed E-state index contributed by atoms with van der Waals surface area (Å²) in [6.07, 6.45) is 3.56. The Morgan fingerprint density at radius 2 is 1.96 bits per heavy atom. The molecule has 0 aliphatic rings. The lowest BCUT2D eigenvalue weighted by atomic mass is 10.1. The van der Waals surface area contributed by atoms with Gasteiger partial charge in [-0.3, -0.25) is 4.79 Å². The number of hydrazone groups is 1. The summed E-state index contributed by atoms with van der Waals surface area (Å²) < 4.78 is 11.5. The molecule has 2 aromatic carbocycles. The van der Waals surface area contributed by atoms with E-state index in [4.69, 9.17) is 9.47 Å². The zero-order valence-corrected chi connectivity index (χ0v) is 15.6. The Hall–Kier alpha value is -2.60. The number of hydrogen-bond acceptors (Lipinski definition) is 4. The number of carbonyl (C=O) groups is 1. The van der Waals surface area contributed by atoms with E-state index >= 15 is 0 Å². The first-order chi connectivity index (χ1) is 12.1. The second-order valence-corrected chi connectivity index (χ2v) is 6.09. The van der Waals surface area contributed by atoms with E-state index in [9.17, 15) is 4.79 Å². The number of allylic oxidation sites excluding steroid dienone is 1. The summed E-state index contributed by atoms with van der Waals surface area (Å²) in [5, 5.41) is 3.92. The number of carbonyl (C=O) groups excluding carboxylic acids is 1. The summed E-state index contributed by atoms with van der Waals surface area (Å²) in [7, 11) is 1.54. The Bertz CT molecular complexity index is 773. The highest BCUT2D eigenvalue weighted by Gasteiger charge is 2.07. The number of nitrogens with one attached hydrogen (secondary N) is 1. The van der Waals surface area contributed by atoms with Crippen molar-refractivity contribution in [2.45, 2.75) is 6.92 Å². The van der Waals surface area contributed by atoms with Crippen molar-refractivity contribution >= 4 is 34.1 Å². The van der Waals surface area contributed by atoms with Crippen LogP contribution in [0.5, 0.6) is 11.5 Å². The Kier molecular flexibility index (Phi) is 7.22. The SMILES string of the molecule is COc1cc(Br)ccc1OCC(=O)N/N=C/C(C)=C/c1ccccc1. The van der Waals surface area contributed by atoms with Gasteiger partial charge in [0, 0.05) is 4.47 Å². The lowest BCUT2D eigenvalue weighted by molar-refractivity contribution is -0.123. The summed E-state index contributed by atoms with van der Waals surface area (Å²) >= 11 is 3.35. The molecular weight excluding hydrogens is 384 g/mol. The number of benzene rings is 2. The van der Waals surface area contributed by atoms with Gasteiger partial charge < -0.3 is 9.47 Å². The van der Waals surface area contributed by atoms with Crippen molar-refractivity contribution < 1.29 is 14.3 Å². The van der Waals surface area contributed by atoms with Crippen LogP contribution in [0.15, 0.2) is 63.7 Å². The number of ether oxygens (including phenoxy) is 2. The van der Waals surface area contributed by atoms with Gasteiger partial charge in [0.15, 0.2) is 18.1 Å². The van der Waals surface area contributed by atoms with Crippen LogP contribution < -0.4 is 14.9 Å². The smallest absolute Gasteiger partial charge is 0.277 e. The van der Waals surface area contributed by atoms with E-state index in [0.717, 1.165) is 15.6 Å². The van der Waals surface area contributed by atoms with Crippen LogP contribution in [-0.4, -0.2) is 25.8 Å². The maximum absolute atomic E-state index is 11.8. The van der Waals surface area contributed by atoms with Crippen LogP contribution >= 0.6 is 15.9 Å². The average Bonchev–Trinajstić information content (AvgIpc) is 2.61. The lowest BCUT2D eigenvalue weighted by Crippen LogP contribution is -2.24. The molecule has 0 saturated heterocycles. The monoisotopic (exact) mass is 402 g/mol. The minimum absolute atomic E-state index is 0.156. The van der Waals surface area contributed by atoms with Crippen LogP contribution in [0.25, 0.3) is 6.08 Å². The van der Waals surface area contributed by atoms with Crippen LogP contribution in [-0.2, 0) is 4.79 Å². The molecule has 0 aromatic heterocycles. The third kappa shape index (κ3) is 6.43. The standard InChI is InChI=1S/C19H19BrN2O3/c1-14(10-15-6-4-3-5-7-15)12-21-22-19(23)13-25-17-9-8-16(20)11-18(17)24-2/h3-12H,13H2,1-2H3,(H,22,23)/b14-10+,21-12+. The summed E-state index contributed by atoms with van der Waals surface area (Å²) in [5.41, 5.74) is 4.42. The third-order valence-corrected chi connectivity index (χ3v) is 3.63. The molecule has 6 heteroatoms. The van der Waals surface area contributed by atoms with Crippen LogP contribution in [0.3, 0.4) is 0 Å². The average molecular weight is 403 g/mol. The molecular formula is C19H19BrN2O3. The van der Waals surface area contributed by atoms with E-state index in [1.807, 2.05) is 49.4 Å². The van der Waals surface area contributed by atoms with Crippen molar-refractivity contribution in [2.24, 2.45) is 5.10 Å². The fourth-order valence-corrected chi connectivity index (χ4v) is 2.33. The van der Waals surface area contributed by atoms with E-state index in [1.54, 1.807) is 25.5 Å². The van der Waals surface area contributed by atoms with Gasteiger partial charge in [-0.15, -0.1) is 0 Å².